The summed E-state index contributed by atoms with van der Waals surface area (Å²) in [7, 11) is -1.80. The Morgan fingerprint density at radius 3 is 2.29 bits per heavy atom. The van der Waals surface area contributed by atoms with Gasteiger partial charge in [0.15, 0.2) is 0 Å². The van der Waals surface area contributed by atoms with Crippen molar-refractivity contribution in [2.75, 3.05) is 31.6 Å². The maximum Gasteiger partial charge on any atom is 0.282 e. The number of fused-ring (bicyclic) bond motifs is 1. The fourth-order valence-corrected chi connectivity index (χ4v) is 5.50. The molecule has 0 atom stereocenters. The summed E-state index contributed by atoms with van der Waals surface area (Å²) in [6.07, 6.45) is 4.59. The molecule has 1 saturated heterocycles. The Balaban J connectivity index is 1.42. The maximum absolute atomic E-state index is 13.1. The van der Waals surface area contributed by atoms with Crippen LogP contribution in [0.1, 0.15) is 36.0 Å². The van der Waals surface area contributed by atoms with Gasteiger partial charge < -0.3 is 4.90 Å². The van der Waals surface area contributed by atoms with E-state index in [1.807, 2.05) is 18.2 Å². The molecule has 0 N–H and O–H groups in total. The van der Waals surface area contributed by atoms with Crippen molar-refractivity contribution in [1.29, 1.82) is 0 Å². The fourth-order valence-electron chi connectivity index (χ4n) is 4.17. The number of hydrogen-bond donors (Lipinski definition) is 0. The first-order chi connectivity index (χ1) is 13.5. The maximum atomic E-state index is 13.1. The summed E-state index contributed by atoms with van der Waals surface area (Å²) >= 11 is 0. The van der Waals surface area contributed by atoms with Gasteiger partial charge in [-0.05, 0) is 54.5 Å². The third-order valence-electron chi connectivity index (χ3n) is 5.88. The monoisotopic (exact) mass is 399 g/mol. The van der Waals surface area contributed by atoms with Gasteiger partial charge >= 0.3 is 0 Å². The highest BCUT2D eigenvalue weighted by molar-refractivity contribution is 7.86. The second-order valence-corrected chi connectivity index (χ2v) is 9.87. The molecule has 2 aliphatic heterocycles. The molecule has 150 valence electrons. The highest BCUT2D eigenvalue weighted by Gasteiger charge is 2.30. The second-order valence-electron chi connectivity index (χ2n) is 7.83. The second kappa shape index (κ2) is 8.23. The molecule has 2 aromatic carbocycles. The van der Waals surface area contributed by atoms with Gasteiger partial charge in [-0.2, -0.15) is 17.0 Å². The molecule has 4 rings (SSSR count). The van der Waals surface area contributed by atoms with E-state index < -0.39 is 10.2 Å². The average Bonchev–Trinajstić information content (AvgIpc) is 2.74. The first kappa shape index (κ1) is 19.4. The predicted octanol–water partition coefficient (Wildman–Crippen LogP) is 3.41. The number of benzene rings is 2. The van der Waals surface area contributed by atoms with E-state index >= 15 is 0 Å². The summed E-state index contributed by atoms with van der Waals surface area (Å²) in [4.78, 5) is 2.42. The molecule has 0 saturated carbocycles. The van der Waals surface area contributed by atoms with Crippen LogP contribution >= 0.6 is 0 Å². The molecular formula is C22H29N3O2S. The van der Waals surface area contributed by atoms with E-state index in [1.165, 1.54) is 34.8 Å². The number of hydrogen-bond acceptors (Lipinski definition) is 3. The van der Waals surface area contributed by atoms with Crippen molar-refractivity contribution >= 4 is 15.9 Å². The molecule has 0 aromatic heterocycles. The van der Waals surface area contributed by atoms with Crippen LogP contribution in [0, 0.1) is 0 Å². The summed E-state index contributed by atoms with van der Waals surface area (Å²) in [5.41, 5.74) is 4.62. The Kier molecular flexibility index (Phi) is 5.71. The van der Waals surface area contributed by atoms with Gasteiger partial charge in [-0.1, -0.05) is 36.4 Å². The van der Waals surface area contributed by atoms with E-state index in [4.69, 9.17) is 0 Å². The Bertz CT molecular complexity index is 906. The Morgan fingerprint density at radius 1 is 0.893 bits per heavy atom. The molecule has 6 heteroatoms. The Hall–Kier alpha value is -1.89. The zero-order valence-corrected chi connectivity index (χ0v) is 17.4. The third kappa shape index (κ3) is 4.09. The van der Waals surface area contributed by atoms with Gasteiger partial charge in [0.1, 0.15) is 0 Å². The number of piperidine rings is 1. The average molecular weight is 400 g/mol. The van der Waals surface area contributed by atoms with Gasteiger partial charge in [-0.25, -0.2) is 0 Å². The zero-order valence-electron chi connectivity index (χ0n) is 16.5. The summed E-state index contributed by atoms with van der Waals surface area (Å²) < 4.78 is 29.2. The van der Waals surface area contributed by atoms with Crippen LogP contribution < -0.4 is 4.90 Å². The molecule has 28 heavy (non-hydrogen) atoms. The number of anilines is 1. The standard InChI is InChI=1S/C22H29N3O2S/c1-23(17-19-9-11-22(12-10-19)24-14-5-2-6-15-24)28(26,27)25-16-13-20-7-3-4-8-21(20)18-25/h3-4,7-12H,2,5-6,13-18H2,1H3. The van der Waals surface area contributed by atoms with Crippen LogP contribution in [0.2, 0.25) is 0 Å². The molecule has 0 spiro atoms. The normalized spacial score (nSPS) is 18.3. The molecule has 2 aliphatic rings. The largest absolute Gasteiger partial charge is 0.372 e. The minimum Gasteiger partial charge on any atom is -0.372 e. The molecule has 5 nitrogen and oxygen atoms in total. The van der Waals surface area contributed by atoms with Crippen molar-refractivity contribution in [1.82, 2.24) is 8.61 Å². The van der Waals surface area contributed by atoms with Crippen LogP contribution in [0.25, 0.3) is 0 Å². The van der Waals surface area contributed by atoms with Crippen molar-refractivity contribution < 1.29 is 8.42 Å². The van der Waals surface area contributed by atoms with E-state index in [2.05, 4.69) is 35.2 Å². The zero-order chi connectivity index (χ0) is 19.6. The third-order valence-corrected chi connectivity index (χ3v) is 7.76. The molecule has 0 radical (unpaired) electrons. The van der Waals surface area contributed by atoms with Crippen LogP contribution in [-0.2, 0) is 29.7 Å². The summed E-state index contributed by atoms with van der Waals surface area (Å²) in [5.74, 6) is 0. The summed E-state index contributed by atoms with van der Waals surface area (Å²) in [6.45, 7) is 3.61. The van der Waals surface area contributed by atoms with E-state index in [9.17, 15) is 8.42 Å². The van der Waals surface area contributed by atoms with Gasteiger partial charge in [-0.3, -0.25) is 0 Å². The Morgan fingerprint density at radius 2 is 1.57 bits per heavy atom. The summed E-state index contributed by atoms with van der Waals surface area (Å²) in [6, 6.07) is 16.5. The van der Waals surface area contributed by atoms with Gasteiger partial charge in [0.25, 0.3) is 10.2 Å². The predicted molar refractivity (Wildman–Crippen MR) is 113 cm³/mol. The van der Waals surface area contributed by atoms with Crippen molar-refractivity contribution in [2.24, 2.45) is 0 Å². The molecular weight excluding hydrogens is 370 g/mol. The van der Waals surface area contributed by atoms with Crippen LogP contribution in [0.3, 0.4) is 0 Å². The van der Waals surface area contributed by atoms with Gasteiger partial charge in [-0.15, -0.1) is 0 Å². The van der Waals surface area contributed by atoms with E-state index in [-0.39, 0.29) is 0 Å². The van der Waals surface area contributed by atoms with Crippen molar-refractivity contribution in [3.63, 3.8) is 0 Å². The first-order valence-electron chi connectivity index (χ1n) is 10.2. The smallest absolute Gasteiger partial charge is 0.282 e. The number of rotatable bonds is 5. The fraction of sp³-hybridized carbons (Fsp3) is 0.455. The minimum absolute atomic E-state index is 0.390. The Labute approximate surface area is 168 Å². The first-order valence-corrected chi connectivity index (χ1v) is 11.6. The highest BCUT2D eigenvalue weighted by Crippen LogP contribution is 2.24. The SMILES string of the molecule is CN(Cc1ccc(N2CCCCC2)cc1)S(=O)(=O)N1CCc2ccccc2C1. The molecule has 1 fully saturated rings. The molecule has 0 amide bonds. The van der Waals surface area contributed by atoms with E-state index in [1.54, 1.807) is 11.4 Å². The summed E-state index contributed by atoms with van der Waals surface area (Å²) in [5, 5.41) is 0. The van der Waals surface area contributed by atoms with E-state index in [0.717, 1.165) is 30.6 Å². The lowest BCUT2D eigenvalue weighted by molar-refractivity contribution is 0.342. The molecule has 2 aromatic rings. The number of nitrogens with zero attached hydrogens (tertiary/aromatic N) is 3. The van der Waals surface area contributed by atoms with Crippen LogP contribution in [-0.4, -0.2) is 43.7 Å². The van der Waals surface area contributed by atoms with Gasteiger partial charge in [0, 0.05) is 45.5 Å². The molecule has 0 unspecified atom stereocenters. The minimum atomic E-state index is -3.48. The topological polar surface area (TPSA) is 43.9 Å². The quantitative estimate of drug-likeness (QED) is 0.774. The van der Waals surface area contributed by atoms with Crippen molar-refractivity contribution in [3.8, 4) is 0 Å². The van der Waals surface area contributed by atoms with Gasteiger partial charge in [0.05, 0.1) is 0 Å². The molecule has 0 bridgehead atoms. The lowest BCUT2D eigenvalue weighted by Gasteiger charge is -2.31. The molecule has 0 aliphatic carbocycles. The van der Waals surface area contributed by atoms with Gasteiger partial charge in [0.2, 0.25) is 0 Å². The lowest BCUT2D eigenvalue weighted by atomic mass is 10.0. The van der Waals surface area contributed by atoms with Crippen LogP contribution in [0.15, 0.2) is 48.5 Å². The van der Waals surface area contributed by atoms with Crippen molar-refractivity contribution in [3.05, 3.63) is 65.2 Å². The lowest BCUT2D eigenvalue weighted by Crippen LogP contribution is -2.43. The highest BCUT2D eigenvalue weighted by atomic mass is 32.2. The van der Waals surface area contributed by atoms with E-state index in [0.29, 0.717) is 19.6 Å². The van der Waals surface area contributed by atoms with Crippen molar-refractivity contribution in [2.45, 2.75) is 38.8 Å². The van der Waals surface area contributed by atoms with Crippen LogP contribution in [0.4, 0.5) is 5.69 Å². The van der Waals surface area contributed by atoms with Crippen LogP contribution in [0.5, 0.6) is 0 Å². The molecule has 2 heterocycles.